The first-order chi connectivity index (χ1) is 9.50. The van der Waals surface area contributed by atoms with E-state index in [1.54, 1.807) is 48.5 Å². The summed E-state index contributed by atoms with van der Waals surface area (Å²) in [6.45, 7) is 0. The van der Waals surface area contributed by atoms with Gasteiger partial charge < -0.3 is 9.05 Å². The molecule has 0 fully saturated rings. The Bertz CT molecular complexity index is 562. The van der Waals surface area contributed by atoms with Crippen LogP contribution in [0.1, 0.15) is 0 Å². The first-order valence-electron chi connectivity index (χ1n) is 5.57. The Morgan fingerprint density at radius 1 is 0.800 bits per heavy atom. The Balaban J connectivity index is 2.14. The number of halogens is 2. The SMILES string of the molecule is COP(=O)(Oc1ccc(Br)cc1)Oc1ccc(Br)cc1. The second kappa shape index (κ2) is 6.76. The predicted molar refractivity (Wildman–Crippen MR) is 84.2 cm³/mol. The molecule has 0 saturated carbocycles. The summed E-state index contributed by atoms with van der Waals surface area (Å²) in [6, 6.07) is 13.8. The molecule has 0 bridgehead atoms. The van der Waals surface area contributed by atoms with E-state index in [-0.39, 0.29) is 0 Å². The zero-order chi connectivity index (χ0) is 14.6. The van der Waals surface area contributed by atoms with Gasteiger partial charge >= 0.3 is 7.82 Å². The van der Waals surface area contributed by atoms with Gasteiger partial charge in [-0.05, 0) is 48.5 Å². The molecular formula is C13H11Br2O4P. The van der Waals surface area contributed by atoms with E-state index in [1.807, 2.05) is 0 Å². The van der Waals surface area contributed by atoms with Gasteiger partial charge in [0.1, 0.15) is 11.5 Å². The van der Waals surface area contributed by atoms with Crippen LogP contribution in [0.5, 0.6) is 11.5 Å². The van der Waals surface area contributed by atoms with Crippen LogP contribution < -0.4 is 9.05 Å². The molecule has 0 aliphatic heterocycles. The standard InChI is InChI=1S/C13H11Br2O4P/c1-17-20(16,18-12-6-2-10(14)3-7-12)19-13-8-4-11(15)5-9-13/h2-9H,1H3. The first-order valence-corrected chi connectivity index (χ1v) is 8.61. The monoisotopic (exact) mass is 420 g/mol. The molecule has 106 valence electrons. The molecule has 20 heavy (non-hydrogen) atoms. The van der Waals surface area contributed by atoms with E-state index in [2.05, 4.69) is 31.9 Å². The summed E-state index contributed by atoms with van der Waals surface area (Å²) in [6.07, 6.45) is 0. The third-order valence-corrected chi connectivity index (χ3v) is 4.66. The van der Waals surface area contributed by atoms with Gasteiger partial charge in [0.2, 0.25) is 0 Å². The van der Waals surface area contributed by atoms with Gasteiger partial charge in [0.25, 0.3) is 0 Å². The topological polar surface area (TPSA) is 44.8 Å². The van der Waals surface area contributed by atoms with Crippen molar-refractivity contribution in [3.05, 3.63) is 57.5 Å². The largest absolute Gasteiger partial charge is 0.587 e. The summed E-state index contributed by atoms with van der Waals surface area (Å²) in [5, 5.41) is 0. The molecule has 0 heterocycles. The van der Waals surface area contributed by atoms with Crippen LogP contribution >= 0.6 is 39.7 Å². The number of hydrogen-bond donors (Lipinski definition) is 0. The van der Waals surface area contributed by atoms with Gasteiger partial charge in [0.05, 0.1) is 0 Å². The Hall–Kier alpha value is -0.810. The minimum absolute atomic E-state index is 0.399. The van der Waals surface area contributed by atoms with Gasteiger partial charge in [0, 0.05) is 16.1 Å². The maximum absolute atomic E-state index is 12.4. The molecule has 0 spiro atoms. The van der Waals surface area contributed by atoms with Crippen molar-refractivity contribution in [1.29, 1.82) is 0 Å². The van der Waals surface area contributed by atoms with Crippen molar-refractivity contribution in [2.75, 3.05) is 7.11 Å². The predicted octanol–water partition coefficient (Wildman–Crippen LogP) is 5.42. The van der Waals surface area contributed by atoms with Gasteiger partial charge in [-0.1, -0.05) is 31.9 Å². The highest BCUT2D eigenvalue weighted by atomic mass is 79.9. The average Bonchev–Trinajstić information content (AvgIpc) is 2.44. The van der Waals surface area contributed by atoms with Crippen LogP contribution in [0, 0.1) is 0 Å². The van der Waals surface area contributed by atoms with Crippen LogP contribution in [0.4, 0.5) is 0 Å². The van der Waals surface area contributed by atoms with Crippen molar-refractivity contribution in [3.8, 4) is 11.5 Å². The van der Waals surface area contributed by atoms with E-state index in [4.69, 9.17) is 13.6 Å². The molecular weight excluding hydrogens is 411 g/mol. The molecule has 0 amide bonds. The molecule has 0 aliphatic carbocycles. The average molecular weight is 422 g/mol. The fourth-order valence-electron chi connectivity index (χ4n) is 1.34. The number of hydrogen-bond acceptors (Lipinski definition) is 4. The van der Waals surface area contributed by atoms with Gasteiger partial charge in [-0.3, -0.25) is 4.52 Å². The van der Waals surface area contributed by atoms with Crippen molar-refractivity contribution in [2.24, 2.45) is 0 Å². The summed E-state index contributed by atoms with van der Waals surface area (Å²) in [7, 11) is -2.43. The molecule has 0 atom stereocenters. The van der Waals surface area contributed by atoms with E-state index in [9.17, 15) is 4.57 Å². The zero-order valence-corrected chi connectivity index (χ0v) is 14.5. The van der Waals surface area contributed by atoms with E-state index in [0.717, 1.165) is 8.95 Å². The van der Waals surface area contributed by atoms with Crippen LogP contribution in [0.2, 0.25) is 0 Å². The fourth-order valence-corrected chi connectivity index (χ4v) is 2.82. The first kappa shape index (κ1) is 15.6. The Kier molecular flexibility index (Phi) is 5.27. The van der Waals surface area contributed by atoms with E-state index >= 15 is 0 Å². The molecule has 0 radical (unpaired) electrons. The Morgan fingerprint density at radius 2 is 1.15 bits per heavy atom. The van der Waals surface area contributed by atoms with Gasteiger partial charge in [-0.2, -0.15) is 0 Å². The van der Waals surface area contributed by atoms with Gasteiger partial charge in [-0.15, -0.1) is 0 Å². The second-order valence-electron chi connectivity index (χ2n) is 3.72. The molecule has 2 rings (SSSR count). The number of rotatable bonds is 5. The summed E-state index contributed by atoms with van der Waals surface area (Å²) in [5.74, 6) is 0.797. The quantitative estimate of drug-likeness (QED) is 0.604. The molecule has 0 aromatic heterocycles. The van der Waals surface area contributed by atoms with E-state index in [1.165, 1.54) is 7.11 Å². The van der Waals surface area contributed by atoms with Crippen molar-refractivity contribution in [1.82, 2.24) is 0 Å². The number of phosphoric acid groups is 1. The summed E-state index contributed by atoms with van der Waals surface area (Å²) >= 11 is 6.62. The Labute approximate surface area is 133 Å². The van der Waals surface area contributed by atoms with Crippen LogP contribution in [0.25, 0.3) is 0 Å². The molecule has 0 N–H and O–H groups in total. The highest BCUT2D eigenvalue weighted by Gasteiger charge is 2.28. The molecule has 2 aromatic rings. The highest BCUT2D eigenvalue weighted by Crippen LogP contribution is 2.48. The van der Waals surface area contributed by atoms with Crippen molar-refractivity contribution >= 4 is 39.7 Å². The lowest BCUT2D eigenvalue weighted by atomic mass is 10.3. The minimum atomic E-state index is -3.70. The van der Waals surface area contributed by atoms with Gasteiger partial charge in [-0.25, -0.2) is 4.57 Å². The lowest BCUT2D eigenvalue weighted by Crippen LogP contribution is -2.02. The molecule has 2 aromatic carbocycles. The van der Waals surface area contributed by atoms with Crippen molar-refractivity contribution < 1.29 is 18.1 Å². The zero-order valence-electron chi connectivity index (χ0n) is 10.5. The van der Waals surface area contributed by atoms with Crippen LogP contribution in [-0.4, -0.2) is 7.11 Å². The molecule has 0 saturated heterocycles. The number of phosphoric ester groups is 1. The smallest absolute Gasteiger partial charge is 0.395 e. The minimum Gasteiger partial charge on any atom is -0.395 e. The third-order valence-electron chi connectivity index (χ3n) is 2.29. The van der Waals surface area contributed by atoms with Crippen molar-refractivity contribution in [3.63, 3.8) is 0 Å². The highest BCUT2D eigenvalue weighted by molar-refractivity contribution is 9.10. The summed E-state index contributed by atoms with van der Waals surface area (Å²) in [5.41, 5.74) is 0. The van der Waals surface area contributed by atoms with Crippen LogP contribution in [0.3, 0.4) is 0 Å². The summed E-state index contributed by atoms with van der Waals surface area (Å²) < 4.78 is 29.7. The fraction of sp³-hybridized carbons (Fsp3) is 0.0769. The molecule has 0 aliphatic rings. The summed E-state index contributed by atoms with van der Waals surface area (Å²) in [4.78, 5) is 0. The lowest BCUT2D eigenvalue weighted by molar-refractivity contribution is 0.250. The maximum Gasteiger partial charge on any atom is 0.587 e. The second-order valence-corrected chi connectivity index (χ2v) is 7.18. The van der Waals surface area contributed by atoms with E-state index < -0.39 is 7.82 Å². The molecule has 0 unspecified atom stereocenters. The Morgan fingerprint density at radius 3 is 1.45 bits per heavy atom. The lowest BCUT2D eigenvalue weighted by Gasteiger charge is -2.17. The van der Waals surface area contributed by atoms with Crippen LogP contribution in [-0.2, 0) is 9.09 Å². The van der Waals surface area contributed by atoms with E-state index in [0.29, 0.717) is 11.5 Å². The number of benzene rings is 2. The van der Waals surface area contributed by atoms with Gasteiger partial charge in [0.15, 0.2) is 0 Å². The van der Waals surface area contributed by atoms with Crippen molar-refractivity contribution in [2.45, 2.75) is 0 Å². The maximum atomic E-state index is 12.4. The molecule has 4 nitrogen and oxygen atoms in total. The normalized spacial score (nSPS) is 11.2. The van der Waals surface area contributed by atoms with Crippen LogP contribution in [0.15, 0.2) is 57.5 Å². The third kappa shape index (κ3) is 4.35. The molecule has 7 heteroatoms.